The summed E-state index contributed by atoms with van der Waals surface area (Å²) in [6.45, 7) is 0. The smallest absolute Gasteiger partial charge is 0.423 e. The second kappa shape index (κ2) is 8.31. The van der Waals surface area contributed by atoms with Gasteiger partial charge in [0, 0.05) is 11.1 Å². The Bertz CT molecular complexity index is 947. The first-order chi connectivity index (χ1) is 13.0. The Morgan fingerprint density at radius 2 is 1.15 bits per heavy atom. The van der Waals surface area contributed by atoms with Gasteiger partial charge in [-0.25, -0.2) is 0 Å². The molecule has 0 saturated heterocycles. The maximum atomic E-state index is 12.5. The summed E-state index contributed by atoms with van der Waals surface area (Å²) >= 11 is 0. The highest BCUT2D eigenvalue weighted by atomic mass is 16.4. The topological polar surface area (TPSA) is 98.7 Å². The molecular formula is C20H17BN2O4. The third-order valence-electron chi connectivity index (χ3n) is 3.91. The predicted octanol–water partition coefficient (Wildman–Crippen LogP) is 1.87. The molecule has 3 rings (SSSR count). The van der Waals surface area contributed by atoms with Crippen molar-refractivity contribution in [1.29, 1.82) is 0 Å². The van der Waals surface area contributed by atoms with Crippen molar-refractivity contribution in [1.82, 2.24) is 0 Å². The lowest BCUT2D eigenvalue weighted by Crippen LogP contribution is -2.30. The molecular weight excluding hydrogens is 343 g/mol. The van der Waals surface area contributed by atoms with Crippen LogP contribution in [0.3, 0.4) is 0 Å². The van der Waals surface area contributed by atoms with Crippen LogP contribution >= 0.6 is 0 Å². The van der Waals surface area contributed by atoms with Gasteiger partial charge < -0.3 is 20.7 Å². The minimum Gasteiger partial charge on any atom is -0.423 e. The zero-order valence-corrected chi connectivity index (χ0v) is 14.3. The van der Waals surface area contributed by atoms with Crippen LogP contribution in [0.1, 0.15) is 20.7 Å². The number of carbonyl (C=O) groups excluding carboxylic acids is 2. The summed E-state index contributed by atoms with van der Waals surface area (Å²) in [6.07, 6.45) is 0. The fourth-order valence-electron chi connectivity index (χ4n) is 2.50. The Balaban J connectivity index is 1.89. The van der Waals surface area contributed by atoms with Gasteiger partial charge in [-0.05, 0) is 41.9 Å². The van der Waals surface area contributed by atoms with E-state index >= 15 is 0 Å². The third kappa shape index (κ3) is 4.61. The van der Waals surface area contributed by atoms with Crippen LogP contribution < -0.4 is 16.1 Å². The molecule has 0 fully saturated rings. The number of hydrogen-bond acceptors (Lipinski definition) is 4. The average Bonchev–Trinajstić information content (AvgIpc) is 2.70. The highest BCUT2D eigenvalue weighted by Crippen LogP contribution is 2.22. The summed E-state index contributed by atoms with van der Waals surface area (Å²) in [5.74, 6) is -0.724. The Morgan fingerprint density at radius 1 is 0.667 bits per heavy atom. The molecule has 0 aliphatic rings. The van der Waals surface area contributed by atoms with Crippen LogP contribution in [0.15, 0.2) is 78.9 Å². The maximum Gasteiger partial charge on any atom is 0.488 e. The summed E-state index contributed by atoms with van der Waals surface area (Å²) in [5, 5.41) is 24.2. The quantitative estimate of drug-likeness (QED) is 0.522. The Morgan fingerprint density at radius 3 is 1.63 bits per heavy atom. The lowest BCUT2D eigenvalue weighted by molar-refractivity contribution is 0.101. The van der Waals surface area contributed by atoms with Crippen molar-refractivity contribution in [2.75, 3.05) is 10.6 Å². The predicted molar refractivity (Wildman–Crippen MR) is 105 cm³/mol. The maximum absolute atomic E-state index is 12.5. The first-order valence-corrected chi connectivity index (χ1v) is 8.27. The van der Waals surface area contributed by atoms with Crippen LogP contribution in [-0.2, 0) is 0 Å². The number of rotatable bonds is 5. The van der Waals surface area contributed by atoms with Gasteiger partial charge in [0.25, 0.3) is 11.8 Å². The second-order valence-corrected chi connectivity index (χ2v) is 5.82. The third-order valence-corrected chi connectivity index (χ3v) is 3.91. The molecule has 0 saturated carbocycles. The first-order valence-electron chi connectivity index (χ1n) is 8.27. The van der Waals surface area contributed by atoms with Gasteiger partial charge >= 0.3 is 7.12 Å². The highest BCUT2D eigenvalue weighted by molar-refractivity contribution is 6.58. The number of carbonyl (C=O) groups is 2. The SMILES string of the molecule is O=C(Nc1ccc(B(O)O)cc1NC(=O)c1ccccc1)c1ccccc1. The van der Waals surface area contributed by atoms with Crippen LogP contribution in [0, 0.1) is 0 Å². The zero-order chi connectivity index (χ0) is 19.2. The molecule has 0 aliphatic carbocycles. The summed E-state index contributed by atoms with van der Waals surface area (Å²) in [7, 11) is -1.70. The van der Waals surface area contributed by atoms with Gasteiger partial charge in [-0.15, -0.1) is 0 Å². The molecule has 7 heteroatoms. The standard InChI is InChI=1S/C20H17BN2O4/c24-19(14-7-3-1-4-8-14)22-17-12-11-16(21(26)27)13-18(17)23-20(25)15-9-5-2-6-10-15/h1-13,26-27H,(H,22,24)(H,23,25). The minimum atomic E-state index is -1.70. The van der Waals surface area contributed by atoms with Crippen molar-refractivity contribution in [3.05, 3.63) is 90.0 Å². The van der Waals surface area contributed by atoms with Crippen LogP contribution in [0.4, 0.5) is 11.4 Å². The summed E-state index contributed by atoms with van der Waals surface area (Å²) < 4.78 is 0. The molecule has 3 aromatic carbocycles. The normalized spacial score (nSPS) is 10.1. The number of hydrogen-bond donors (Lipinski definition) is 4. The van der Waals surface area contributed by atoms with E-state index in [2.05, 4.69) is 10.6 Å². The fourth-order valence-corrected chi connectivity index (χ4v) is 2.50. The zero-order valence-electron chi connectivity index (χ0n) is 14.3. The lowest BCUT2D eigenvalue weighted by Gasteiger charge is -2.14. The van der Waals surface area contributed by atoms with Gasteiger partial charge in [-0.2, -0.15) is 0 Å². The molecule has 0 unspecified atom stereocenters. The molecule has 0 aromatic heterocycles. The molecule has 2 amide bonds. The summed E-state index contributed by atoms with van der Waals surface area (Å²) in [4.78, 5) is 24.9. The molecule has 134 valence electrons. The number of anilines is 2. The number of amides is 2. The van der Waals surface area contributed by atoms with E-state index in [0.29, 0.717) is 16.8 Å². The molecule has 6 nitrogen and oxygen atoms in total. The van der Waals surface area contributed by atoms with Crippen LogP contribution in [-0.4, -0.2) is 29.0 Å². The largest absolute Gasteiger partial charge is 0.488 e. The van der Waals surface area contributed by atoms with Crippen molar-refractivity contribution in [3.8, 4) is 0 Å². The van der Waals surface area contributed by atoms with E-state index in [-0.39, 0.29) is 23.0 Å². The van der Waals surface area contributed by atoms with Crippen LogP contribution in [0.5, 0.6) is 0 Å². The van der Waals surface area contributed by atoms with E-state index in [0.717, 1.165) is 0 Å². The van der Waals surface area contributed by atoms with E-state index in [1.165, 1.54) is 18.2 Å². The fraction of sp³-hybridized carbons (Fsp3) is 0. The summed E-state index contributed by atoms with van der Waals surface area (Å²) in [6, 6.07) is 21.6. The second-order valence-electron chi connectivity index (χ2n) is 5.82. The molecule has 3 aromatic rings. The van der Waals surface area contributed by atoms with Gasteiger partial charge in [0.15, 0.2) is 0 Å². The molecule has 4 N–H and O–H groups in total. The average molecular weight is 360 g/mol. The van der Waals surface area contributed by atoms with E-state index in [1.54, 1.807) is 60.7 Å². The van der Waals surface area contributed by atoms with E-state index in [9.17, 15) is 19.6 Å². The van der Waals surface area contributed by atoms with Gasteiger partial charge in [0.05, 0.1) is 11.4 Å². The number of nitrogens with one attached hydrogen (secondary N) is 2. The van der Waals surface area contributed by atoms with Crippen molar-refractivity contribution in [2.45, 2.75) is 0 Å². The van der Waals surface area contributed by atoms with E-state index in [1.807, 2.05) is 0 Å². The molecule has 0 bridgehead atoms. The van der Waals surface area contributed by atoms with Crippen LogP contribution in [0.25, 0.3) is 0 Å². The molecule has 0 radical (unpaired) electrons. The first kappa shape index (κ1) is 18.4. The van der Waals surface area contributed by atoms with Crippen molar-refractivity contribution < 1.29 is 19.6 Å². The van der Waals surface area contributed by atoms with Crippen molar-refractivity contribution in [3.63, 3.8) is 0 Å². The monoisotopic (exact) mass is 360 g/mol. The minimum absolute atomic E-state index is 0.191. The Kier molecular flexibility index (Phi) is 5.66. The van der Waals surface area contributed by atoms with Crippen LogP contribution in [0.2, 0.25) is 0 Å². The Labute approximate surface area is 156 Å². The lowest BCUT2D eigenvalue weighted by atomic mass is 9.80. The molecule has 0 aliphatic heterocycles. The number of benzene rings is 3. The van der Waals surface area contributed by atoms with Gasteiger partial charge in [-0.1, -0.05) is 42.5 Å². The van der Waals surface area contributed by atoms with E-state index in [4.69, 9.17) is 0 Å². The molecule has 0 heterocycles. The molecule has 0 spiro atoms. The van der Waals surface area contributed by atoms with Gasteiger partial charge in [0.2, 0.25) is 0 Å². The van der Waals surface area contributed by atoms with Gasteiger partial charge in [-0.3, -0.25) is 9.59 Å². The van der Waals surface area contributed by atoms with Crippen molar-refractivity contribution >= 4 is 35.8 Å². The molecule has 0 atom stereocenters. The van der Waals surface area contributed by atoms with Crippen molar-refractivity contribution in [2.24, 2.45) is 0 Å². The highest BCUT2D eigenvalue weighted by Gasteiger charge is 2.17. The van der Waals surface area contributed by atoms with Gasteiger partial charge in [0.1, 0.15) is 0 Å². The van der Waals surface area contributed by atoms with E-state index < -0.39 is 7.12 Å². The Hall–Kier alpha value is -3.42. The summed E-state index contributed by atoms with van der Waals surface area (Å²) in [5.41, 5.74) is 1.70. The molecule has 27 heavy (non-hydrogen) atoms.